The highest BCUT2D eigenvalue weighted by atomic mass is 32.2. The first kappa shape index (κ1) is 13.6. The van der Waals surface area contributed by atoms with Crippen LogP contribution in [-0.2, 0) is 0 Å². The molecule has 1 heterocycles. The second-order valence-corrected chi connectivity index (χ2v) is 5.67. The number of nitro groups is 1. The number of nitro benzene ring substituents is 1. The largest absolute Gasteiger partial charge is 0.344 e. The fourth-order valence-corrected chi connectivity index (χ4v) is 2.95. The summed E-state index contributed by atoms with van der Waals surface area (Å²) in [6, 6.07) is 4.59. The van der Waals surface area contributed by atoms with Gasteiger partial charge in [-0.1, -0.05) is 0 Å². The van der Waals surface area contributed by atoms with Crippen molar-refractivity contribution >= 4 is 23.1 Å². The van der Waals surface area contributed by atoms with E-state index in [-0.39, 0.29) is 17.4 Å². The van der Waals surface area contributed by atoms with Crippen LogP contribution in [0.4, 0.5) is 11.4 Å². The van der Waals surface area contributed by atoms with Gasteiger partial charge >= 0.3 is 5.69 Å². The summed E-state index contributed by atoms with van der Waals surface area (Å²) >= 11 is 1.19. The van der Waals surface area contributed by atoms with Crippen LogP contribution in [0.2, 0.25) is 0 Å². The van der Waals surface area contributed by atoms with Crippen molar-refractivity contribution in [2.24, 2.45) is 5.84 Å². The number of nitrogens with two attached hydrogens (primary N) is 1. The molecule has 0 aliphatic heterocycles. The van der Waals surface area contributed by atoms with E-state index in [1.54, 1.807) is 10.6 Å². The van der Waals surface area contributed by atoms with Crippen LogP contribution in [0.25, 0.3) is 0 Å². The fraction of sp³-hybridized carbons (Fsp3) is 0.273. The molecule has 1 aliphatic carbocycles. The molecule has 4 N–H and O–H groups in total. The minimum absolute atomic E-state index is 0.0798. The molecule has 10 heteroatoms. The van der Waals surface area contributed by atoms with Crippen LogP contribution < -0.4 is 17.0 Å². The Labute approximate surface area is 122 Å². The number of H-pyrrole nitrogens is 1. The van der Waals surface area contributed by atoms with Crippen molar-refractivity contribution in [1.82, 2.24) is 14.8 Å². The molecule has 0 radical (unpaired) electrons. The van der Waals surface area contributed by atoms with Crippen molar-refractivity contribution in [3.8, 4) is 0 Å². The van der Waals surface area contributed by atoms with E-state index in [4.69, 9.17) is 5.84 Å². The Kier molecular flexibility index (Phi) is 3.39. The molecule has 0 unspecified atom stereocenters. The average Bonchev–Trinajstić information content (AvgIpc) is 3.23. The van der Waals surface area contributed by atoms with Gasteiger partial charge in [0, 0.05) is 23.1 Å². The minimum atomic E-state index is -0.497. The molecule has 1 aromatic heterocycles. The summed E-state index contributed by atoms with van der Waals surface area (Å²) in [5.41, 5.74) is 2.47. The van der Waals surface area contributed by atoms with Crippen LogP contribution in [0.15, 0.2) is 33.0 Å². The molecule has 1 aliphatic rings. The van der Waals surface area contributed by atoms with Gasteiger partial charge in [0.15, 0.2) is 5.16 Å². The number of hydrogen-bond acceptors (Lipinski definition) is 7. The van der Waals surface area contributed by atoms with Crippen LogP contribution in [0.5, 0.6) is 0 Å². The van der Waals surface area contributed by atoms with Crippen molar-refractivity contribution < 1.29 is 4.92 Å². The van der Waals surface area contributed by atoms with Gasteiger partial charge in [0.25, 0.3) is 5.69 Å². The van der Waals surface area contributed by atoms with Crippen molar-refractivity contribution in [3.63, 3.8) is 0 Å². The zero-order valence-corrected chi connectivity index (χ0v) is 11.6. The number of anilines is 1. The number of benzene rings is 1. The fourth-order valence-electron chi connectivity index (χ4n) is 1.95. The Hall–Kier alpha value is -2.33. The van der Waals surface area contributed by atoms with Gasteiger partial charge in [0.2, 0.25) is 0 Å². The van der Waals surface area contributed by atoms with Crippen molar-refractivity contribution in [1.29, 1.82) is 0 Å². The summed E-state index contributed by atoms with van der Waals surface area (Å²) in [6.45, 7) is 0. The Morgan fingerprint density at radius 3 is 2.86 bits per heavy atom. The highest BCUT2D eigenvalue weighted by Gasteiger charge is 2.29. The summed E-state index contributed by atoms with van der Waals surface area (Å²) in [4.78, 5) is 22.7. The van der Waals surface area contributed by atoms with Crippen LogP contribution in [0.3, 0.4) is 0 Å². The van der Waals surface area contributed by atoms with Gasteiger partial charge in [-0.05, 0) is 30.7 Å². The van der Waals surface area contributed by atoms with E-state index in [0.29, 0.717) is 15.7 Å². The molecular weight excluding hydrogens is 296 g/mol. The molecule has 0 amide bonds. The highest BCUT2D eigenvalue weighted by molar-refractivity contribution is 7.99. The second kappa shape index (κ2) is 5.22. The zero-order valence-electron chi connectivity index (χ0n) is 10.8. The highest BCUT2D eigenvalue weighted by Crippen LogP contribution is 2.38. The number of rotatable bonds is 5. The molecule has 110 valence electrons. The molecular formula is C11H12N6O3S. The molecule has 3 rings (SSSR count). The molecule has 0 saturated heterocycles. The number of hydrogen-bond donors (Lipinski definition) is 3. The number of hydrazine groups is 1. The van der Waals surface area contributed by atoms with Gasteiger partial charge in [-0.25, -0.2) is 9.89 Å². The molecule has 0 bridgehead atoms. The first-order valence-corrected chi connectivity index (χ1v) is 7.01. The van der Waals surface area contributed by atoms with Crippen molar-refractivity contribution in [3.05, 3.63) is 38.8 Å². The third kappa shape index (κ3) is 2.76. The molecule has 2 aromatic rings. The van der Waals surface area contributed by atoms with E-state index in [9.17, 15) is 14.9 Å². The first-order valence-electron chi connectivity index (χ1n) is 6.19. The monoisotopic (exact) mass is 308 g/mol. The first-order chi connectivity index (χ1) is 10.1. The lowest BCUT2D eigenvalue weighted by Gasteiger charge is -2.06. The molecule has 1 fully saturated rings. The van der Waals surface area contributed by atoms with Gasteiger partial charge in [-0.15, -0.1) is 5.10 Å². The number of nitrogen functional groups attached to an aromatic ring is 1. The van der Waals surface area contributed by atoms with Gasteiger partial charge in [0.05, 0.1) is 10.6 Å². The number of non-ortho nitro benzene ring substituents is 1. The normalized spacial score (nSPS) is 14.1. The standard InChI is InChI=1S/C11H12N6O3S/c12-13-6-3-8(17(19)20)5-9(4-6)21-11-15-14-10(18)16(11)7-1-2-7/h3-5,7,13H,1-2,12H2,(H,14,18). The summed E-state index contributed by atoms with van der Waals surface area (Å²) in [6.07, 6.45) is 1.88. The summed E-state index contributed by atoms with van der Waals surface area (Å²) in [5.74, 6) is 5.31. The Morgan fingerprint density at radius 1 is 1.48 bits per heavy atom. The van der Waals surface area contributed by atoms with Crippen LogP contribution >= 0.6 is 11.8 Å². The SMILES string of the molecule is NNc1cc(Sc2n[nH]c(=O)n2C2CC2)cc([N+](=O)[O-])c1. The van der Waals surface area contributed by atoms with E-state index < -0.39 is 4.92 Å². The Balaban J connectivity index is 1.96. The van der Waals surface area contributed by atoms with Crippen LogP contribution in [0.1, 0.15) is 18.9 Å². The van der Waals surface area contributed by atoms with E-state index >= 15 is 0 Å². The molecule has 1 aromatic carbocycles. The second-order valence-electron chi connectivity index (χ2n) is 4.63. The lowest BCUT2D eigenvalue weighted by molar-refractivity contribution is -0.385. The van der Waals surface area contributed by atoms with E-state index in [2.05, 4.69) is 15.6 Å². The minimum Gasteiger partial charge on any atom is -0.324 e. The molecule has 21 heavy (non-hydrogen) atoms. The summed E-state index contributed by atoms with van der Waals surface area (Å²) in [7, 11) is 0. The maximum atomic E-state index is 11.7. The lowest BCUT2D eigenvalue weighted by atomic mass is 10.3. The van der Waals surface area contributed by atoms with Gasteiger partial charge in [0.1, 0.15) is 0 Å². The predicted octanol–water partition coefficient (Wildman–Crippen LogP) is 1.25. The molecule has 0 spiro atoms. The van der Waals surface area contributed by atoms with Crippen LogP contribution in [0, 0.1) is 10.1 Å². The quantitative estimate of drug-likeness (QED) is 0.430. The van der Waals surface area contributed by atoms with Gasteiger partial charge < -0.3 is 5.43 Å². The Bertz CT molecular complexity index is 751. The topological polar surface area (TPSA) is 132 Å². The number of nitrogens with one attached hydrogen (secondary N) is 2. The summed E-state index contributed by atoms with van der Waals surface area (Å²) < 4.78 is 1.58. The molecule has 9 nitrogen and oxygen atoms in total. The Morgan fingerprint density at radius 2 is 2.24 bits per heavy atom. The zero-order chi connectivity index (χ0) is 15.0. The van der Waals surface area contributed by atoms with Crippen molar-refractivity contribution in [2.75, 3.05) is 5.43 Å². The molecule has 1 saturated carbocycles. The predicted molar refractivity (Wildman–Crippen MR) is 76.1 cm³/mol. The van der Waals surface area contributed by atoms with E-state index in [1.807, 2.05) is 0 Å². The third-order valence-electron chi connectivity index (χ3n) is 3.06. The van der Waals surface area contributed by atoms with Gasteiger partial charge in [-0.3, -0.25) is 20.5 Å². The lowest BCUT2D eigenvalue weighted by Crippen LogP contribution is -2.16. The maximum absolute atomic E-state index is 11.7. The number of nitrogens with zero attached hydrogens (tertiary/aromatic N) is 3. The maximum Gasteiger partial charge on any atom is 0.344 e. The molecule has 0 atom stereocenters. The van der Waals surface area contributed by atoms with Crippen molar-refractivity contribution in [2.45, 2.75) is 28.9 Å². The third-order valence-corrected chi connectivity index (χ3v) is 4.00. The van der Waals surface area contributed by atoms with Crippen LogP contribution in [-0.4, -0.2) is 19.7 Å². The number of aromatic nitrogens is 3. The average molecular weight is 308 g/mol. The van der Waals surface area contributed by atoms with Gasteiger partial charge in [-0.2, -0.15) is 0 Å². The van der Waals surface area contributed by atoms with E-state index in [0.717, 1.165) is 12.8 Å². The summed E-state index contributed by atoms with van der Waals surface area (Å²) in [5, 5.41) is 17.8. The number of aromatic amines is 1. The smallest absolute Gasteiger partial charge is 0.324 e. The van der Waals surface area contributed by atoms with E-state index in [1.165, 1.54) is 23.9 Å².